The lowest BCUT2D eigenvalue weighted by Gasteiger charge is -2.36. The first-order chi connectivity index (χ1) is 6.80. The monoisotopic (exact) mass is 464 g/mol. The van der Waals surface area contributed by atoms with Gasteiger partial charge in [-0.3, -0.25) is 0 Å². The second kappa shape index (κ2) is 5.14. The third-order valence-electron chi connectivity index (χ3n) is 1.92. The van der Waals surface area contributed by atoms with Crippen LogP contribution in [0.15, 0.2) is 30.3 Å². The van der Waals surface area contributed by atoms with Gasteiger partial charge in [-0.15, -0.1) is 0 Å². The molecule has 15 heavy (non-hydrogen) atoms. The first-order valence-electron chi connectivity index (χ1n) is 3.96. The molecule has 0 bridgehead atoms. The Hall–Kier alpha value is 1.06. The lowest BCUT2D eigenvalue weighted by molar-refractivity contribution is -0.170. The van der Waals surface area contributed by atoms with E-state index in [1.807, 2.05) is 6.07 Å². The molecule has 2 nitrogen and oxygen atoms in total. The van der Waals surface area contributed by atoms with E-state index in [4.69, 9.17) is 0 Å². The predicted octanol–water partition coefficient (Wildman–Crippen LogP) is 3.43. The Bertz CT molecular complexity index is 324. The maximum atomic E-state index is 10.1. The second-order valence-corrected chi connectivity index (χ2v) is 9.59. The zero-order valence-corrected chi connectivity index (χ0v) is 13.7. The van der Waals surface area contributed by atoms with Crippen molar-refractivity contribution in [3.05, 3.63) is 35.9 Å². The molecule has 1 rings (SSSR count). The molecule has 1 aromatic carbocycles. The van der Waals surface area contributed by atoms with E-state index in [1.54, 1.807) is 24.3 Å². The average molecular weight is 468 g/mol. The third kappa shape index (κ3) is 2.84. The zero-order chi connectivity index (χ0) is 11.7. The SMILES string of the molecule is OC(O)(c1ccccc1)C(Br)(Br)C(Br)Br. The van der Waals surface area contributed by atoms with E-state index in [0.717, 1.165) is 0 Å². The van der Waals surface area contributed by atoms with Gasteiger partial charge in [0.05, 0.1) is 0 Å². The zero-order valence-electron chi connectivity index (χ0n) is 7.37. The van der Waals surface area contributed by atoms with Crippen molar-refractivity contribution < 1.29 is 10.2 Å². The van der Waals surface area contributed by atoms with Gasteiger partial charge in [0, 0.05) is 5.56 Å². The molecule has 0 aliphatic carbocycles. The lowest BCUT2D eigenvalue weighted by Crippen LogP contribution is -2.46. The summed E-state index contributed by atoms with van der Waals surface area (Å²) >= 11 is 12.9. The van der Waals surface area contributed by atoms with Gasteiger partial charge in [-0.25, -0.2) is 0 Å². The molecule has 0 spiro atoms. The summed E-state index contributed by atoms with van der Waals surface area (Å²) in [6, 6.07) is 8.57. The molecule has 0 radical (unpaired) electrons. The Morgan fingerprint density at radius 3 is 1.87 bits per heavy atom. The molecular formula is C9H8Br4O2. The van der Waals surface area contributed by atoms with Gasteiger partial charge in [-0.2, -0.15) is 0 Å². The van der Waals surface area contributed by atoms with Gasteiger partial charge in [-0.1, -0.05) is 94.1 Å². The maximum Gasteiger partial charge on any atom is 0.217 e. The summed E-state index contributed by atoms with van der Waals surface area (Å²) in [7, 11) is 0. The van der Waals surface area contributed by atoms with Crippen LogP contribution in [-0.2, 0) is 5.79 Å². The van der Waals surface area contributed by atoms with Crippen molar-refractivity contribution in [2.45, 2.75) is 12.8 Å². The van der Waals surface area contributed by atoms with Crippen LogP contribution in [0.5, 0.6) is 0 Å². The van der Waals surface area contributed by atoms with Crippen LogP contribution < -0.4 is 0 Å². The molecule has 0 saturated carbocycles. The first kappa shape index (κ1) is 14.1. The topological polar surface area (TPSA) is 40.5 Å². The van der Waals surface area contributed by atoms with Crippen molar-refractivity contribution in [2.24, 2.45) is 0 Å². The Morgan fingerprint density at radius 1 is 1.00 bits per heavy atom. The van der Waals surface area contributed by atoms with Gasteiger partial charge < -0.3 is 10.2 Å². The molecule has 0 aliphatic heterocycles. The van der Waals surface area contributed by atoms with Crippen LogP contribution in [0.25, 0.3) is 0 Å². The number of benzene rings is 1. The van der Waals surface area contributed by atoms with Crippen molar-refractivity contribution in [3.8, 4) is 0 Å². The Labute approximate surface area is 122 Å². The molecule has 2 N–H and O–H groups in total. The predicted molar refractivity (Wildman–Crippen MR) is 74.8 cm³/mol. The summed E-state index contributed by atoms with van der Waals surface area (Å²) in [5.74, 6) is -2.05. The highest BCUT2D eigenvalue weighted by molar-refractivity contribution is 9.30. The molecule has 0 unspecified atom stereocenters. The quantitative estimate of drug-likeness (QED) is 0.528. The molecule has 0 saturated heterocycles. The Morgan fingerprint density at radius 2 is 1.47 bits per heavy atom. The Kier molecular flexibility index (Phi) is 4.84. The molecule has 0 atom stereocenters. The van der Waals surface area contributed by atoms with Crippen molar-refractivity contribution in [1.29, 1.82) is 0 Å². The summed E-state index contributed by atoms with van der Waals surface area (Å²) in [5.41, 5.74) is 0.391. The number of alkyl halides is 4. The van der Waals surface area contributed by atoms with E-state index in [2.05, 4.69) is 63.7 Å². The molecule has 0 aromatic heterocycles. The van der Waals surface area contributed by atoms with Gasteiger partial charge >= 0.3 is 0 Å². The number of rotatable bonds is 3. The van der Waals surface area contributed by atoms with Gasteiger partial charge in [-0.05, 0) is 0 Å². The van der Waals surface area contributed by atoms with Crippen LogP contribution in [0.1, 0.15) is 5.56 Å². The summed E-state index contributed by atoms with van der Waals surface area (Å²) in [4.78, 5) is 0. The Balaban J connectivity index is 3.13. The molecule has 0 amide bonds. The van der Waals surface area contributed by atoms with Crippen LogP contribution in [-0.4, -0.2) is 17.2 Å². The first-order valence-corrected chi connectivity index (χ1v) is 7.38. The van der Waals surface area contributed by atoms with Crippen LogP contribution in [0, 0.1) is 0 Å². The second-order valence-electron chi connectivity index (χ2n) is 2.96. The fourth-order valence-corrected chi connectivity index (χ4v) is 2.11. The highest BCUT2D eigenvalue weighted by Crippen LogP contribution is 2.49. The minimum Gasteiger partial charge on any atom is -0.360 e. The van der Waals surface area contributed by atoms with Crippen LogP contribution in [0.2, 0.25) is 0 Å². The summed E-state index contributed by atoms with van der Waals surface area (Å²) in [6.07, 6.45) is 0. The van der Waals surface area contributed by atoms with E-state index in [0.29, 0.717) is 5.56 Å². The highest BCUT2D eigenvalue weighted by Gasteiger charge is 2.51. The fraction of sp³-hybridized carbons (Fsp3) is 0.333. The van der Waals surface area contributed by atoms with Crippen molar-refractivity contribution >= 4 is 63.7 Å². The summed E-state index contributed by atoms with van der Waals surface area (Å²) in [6.45, 7) is 0. The van der Waals surface area contributed by atoms with Crippen LogP contribution in [0.4, 0.5) is 0 Å². The number of halogens is 4. The number of aliphatic hydroxyl groups is 2. The van der Waals surface area contributed by atoms with E-state index >= 15 is 0 Å². The highest BCUT2D eigenvalue weighted by atomic mass is 79.9. The normalized spacial score (nSPS) is 13.3. The van der Waals surface area contributed by atoms with Crippen LogP contribution >= 0.6 is 63.7 Å². The van der Waals surface area contributed by atoms with Crippen molar-refractivity contribution in [3.63, 3.8) is 0 Å². The van der Waals surface area contributed by atoms with Gasteiger partial charge in [0.1, 0.15) is 3.74 Å². The van der Waals surface area contributed by atoms with E-state index in [1.165, 1.54) is 0 Å². The minimum atomic E-state index is -2.05. The van der Waals surface area contributed by atoms with Crippen LogP contribution in [0.3, 0.4) is 0 Å². The van der Waals surface area contributed by atoms with E-state index < -0.39 is 9.02 Å². The fourth-order valence-electron chi connectivity index (χ4n) is 1.02. The molecule has 1 aromatic rings. The molecule has 0 aliphatic rings. The third-order valence-corrected chi connectivity index (χ3v) is 7.77. The van der Waals surface area contributed by atoms with Crippen molar-refractivity contribution in [2.75, 3.05) is 0 Å². The lowest BCUT2D eigenvalue weighted by atomic mass is 10.0. The standard InChI is InChI=1S/C9H8Br4O2/c10-7(11)8(12,13)9(14,15)6-4-2-1-3-5-6/h1-5,7,14-15H. The largest absolute Gasteiger partial charge is 0.360 e. The maximum absolute atomic E-state index is 10.1. The van der Waals surface area contributed by atoms with Crippen molar-refractivity contribution in [1.82, 2.24) is 0 Å². The smallest absolute Gasteiger partial charge is 0.217 e. The molecule has 6 heteroatoms. The van der Waals surface area contributed by atoms with Gasteiger partial charge in [0.15, 0.2) is 3.23 Å². The minimum absolute atomic E-state index is 0.368. The van der Waals surface area contributed by atoms with E-state index in [9.17, 15) is 10.2 Å². The summed E-state index contributed by atoms with van der Waals surface area (Å²) < 4.78 is -1.50. The molecule has 0 fully saturated rings. The number of hydrogen-bond acceptors (Lipinski definition) is 2. The molecule has 0 heterocycles. The molecular weight excluding hydrogens is 460 g/mol. The summed E-state index contributed by atoms with van der Waals surface area (Å²) in [5, 5.41) is 20.2. The van der Waals surface area contributed by atoms with Gasteiger partial charge in [0.25, 0.3) is 0 Å². The molecule has 84 valence electrons. The average Bonchev–Trinajstić information content (AvgIpc) is 2.18. The van der Waals surface area contributed by atoms with Gasteiger partial charge in [0.2, 0.25) is 5.79 Å². The van der Waals surface area contributed by atoms with E-state index in [-0.39, 0.29) is 3.74 Å². The number of hydrogen-bond donors (Lipinski definition) is 2.